The molecule has 11 aromatic rings. The van der Waals surface area contributed by atoms with Gasteiger partial charge in [0.2, 0.25) is 0 Å². The number of hydrogen-bond donors (Lipinski definition) is 0. The maximum absolute atomic E-state index is 6.23. The fraction of sp³-hybridized carbons (Fsp3) is 0.0476. The van der Waals surface area contributed by atoms with Crippen LogP contribution in [0.5, 0.6) is 0 Å². The third-order valence-corrected chi connectivity index (χ3v) is 13.5. The molecule has 2 nitrogen and oxygen atoms in total. The van der Waals surface area contributed by atoms with Gasteiger partial charge in [0.1, 0.15) is 11.2 Å². The summed E-state index contributed by atoms with van der Waals surface area (Å²) in [7, 11) is 0. The second-order valence-electron chi connectivity index (χ2n) is 17.7. The van der Waals surface area contributed by atoms with Crippen LogP contribution >= 0.6 is 0 Å². The van der Waals surface area contributed by atoms with E-state index < -0.39 is 0 Å². The third kappa shape index (κ3) is 6.74. The number of hydrogen-bond acceptors (Lipinski definition) is 2. The van der Waals surface area contributed by atoms with Crippen LogP contribution in [0, 0.1) is 0 Å². The van der Waals surface area contributed by atoms with E-state index in [1.165, 1.54) is 55.6 Å². The van der Waals surface area contributed by atoms with E-state index in [0.29, 0.717) is 0 Å². The SMILES string of the molecule is CC1(C)c2cc(-c3ccc(-c4ccccc4)cc3)ccc2-c2ccc(N(c3cccc(-c4ccc5oc6ccccc6c5c4)c3)c3ccccc3-c3ccc(-c4ccccc4)cc3)cc21. The lowest BCUT2D eigenvalue weighted by Gasteiger charge is -2.30. The van der Waals surface area contributed by atoms with Crippen LogP contribution in [-0.2, 0) is 5.41 Å². The highest BCUT2D eigenvalue weighted by Crippen LogP contribution is 2.52. The summed E-state index contributed by atoms with van der Waals surface area (Å²) >= 11 is 0. The van der Waals surface area contributed by atoms with Crippen LogP contribution in [0.1, 0.15) is 25.0 Å². The van der Waals surface area contributed by atoms with E-state index in [2.05, 4.69) is 243 Å². The minimum absolute atomic E-state index is 0.232. The predicted octanol–water partition coefficient (Wildman–Crippen LogP) is 17.7. The number of nitrogens with zero attached hydrogens (tertiary/aromatic N) is 1. The zero-order valence-electron chi connectivity index (χ0n) is 36.4. The summed E-state index contributed by atoms with van der Waals surface area (Å²) in [4.78, 5) is 2.45. The Kier molecular flexibility index (Phi) is 9.21. The molecular formula is C63H45NO. The van der Waals surface area contributed by atoms with Crippen molar-refractivity contribution < 1.29 is 4.42 Å². The van der Waals surface area contributed by atoms with Crippen molar-refractivity contribution in [1.29, 1.82) is 0 Å². The Morgan fingerprint density at radius 3 is 1.51 bits per heavy atom. The molecule has 1 aliphatic carbocycles. The minimum atomic E-state index is -0.232. The molecule has 12 rings (SSSR count). The van der Waals surface area contributed by atoms with Gasteiger partial charge in [-0.1, -0.05) is 196 Å². The Balaban J connectivity index is 0.968. The highest BCUT2D eigenvalue weighted by atomic mass is 16.3. The fourth-order valence-electron chi connectivity index (χ4n) is 10.1. The molecule has 0 fully saturated rings. The summed E-state index contributed by atoms with van der Waals surface area (Å²) in [6.07, 6.45) is 0. The maximum Gasteiger partial charge on any atom is 0.135 e. The number of fused-ring (bicyclic) bond motifs is 6. The topological polar surface area (TPSA) is 16.4 Å². The molecule has 65 heavy (non-hydrogen) atoms. The molecule has 0 saturated heterocycles. The number of anilines is 3. The van der Waals surface area contributed by atoms with Crippen LogP contribution in [0.15, 0.2) is 241 Å². The second kappa shape index (κ2) is 15.6. The average molecular weight is 832 g/mol. The molecule has 0 spiro atoms. The van der Waals surface area contributed by atoms with Crippen molar-refractivity contribution in [1.82, 2.24) is 0 Å². The van der Waals surface area contributed by atoms with Gasteiger partial charge in [-0.15, -0.1) is 0 Å². The van der Waals surface area contributed by atoms with Gasteiger partial charge >= 0.3 is 0 Å². The number of benzene rings is 10. The zero-order chi connectivity index (χ0) is 43.5. The largest absolute Gasteiger partial charge is 0.456 e. The van der Waals surface area contributed by atoms with E-state index in [1.807, 2.05) is 12.1 Å². The summed E-state index contributed by atoms with van der Waals surface area (Å²) in [5.41, 5.74) is 22.1. The summed E-state index contributed by atoms with van der Waals surface area (Å²) in [5, 5.41) is 2.25. The van der Waals surface area contributed by atoms with E-state index >= 15 is 0 Å². The van der Waals surface area contributed by atoms with E-state index in [-0.39, 0.29) is 5.41 Å². The quantitative estimate of drug-likeness (QED) is 0.152. The molecule has 0 amide bonds. The smallest absolute Gasteiger partial charge is 0.135 e. The summed E-state index contributed by atoms with van der Waals surface area (Å²) in [5.74, 6) is 0. The normalized spacial score (nSPS) is 12.6. The molecule has 0 saturated carbocycles. The number of furan rings is 1. The summed E-state index contributed by atoms with van der Waals surface area (Å²) in [6, 6.07) is 86.0. The van der Waals surface area contributed by atoms with Gasteiger partial charge in [-0.05, 0) is 127 Å². The lowest BCUT2D eigenvalue weighted by atomic mass is 9.81. The van der Waals surface area contributed by atoms with Crippen molar-refractivity contribution in [2.24, 2.45) is 0 Å². The van der Waals surface area contributed by atoms with Crippen molar-refractivity contribution in [2.45, 2.75) is 19.3 Å². The van der Waals surface area contributed by atoms with Gasteiger partial charge in [0, 0.05) is 33.1 Å². The summed E-state index contributed by atoms with van der Waals surface area (Å²) < 4.78 is 6.23. The van der Waals surface area contributed by atoms with Gasteiger partial charge in [0.05, 0.1) is 5.69 Å². The van der Waals surface area contributed by atoms with Crippen LogP contribution in [0.25, 0.3) is 88.7 Å². The average Bonchev–Trinajstić information content (AvgIpc) is 3.85. The monoisotopic (exact) mass is 831 g/mol. The molecular weight excluding hydrogens is 787 g/mol. The molecule has 0 N–H and O–H groups in total. The van der Waals surface area contributed by atoms with E-state index in [4.69, 9.17) is 4.42 Å². The fourth-order valence-corrected chi connectivity index (χ4v) is 10.1. The summed E-state index contributed by atoms with van der Waals surface area (Å²) in [6.45, 7) is 4.76. The van der Waals surface area contributed by atoms with Gasteiger partial charge < -0.3 is 9.32 Å². The van der Waals surface area contributed by atoms with E-state index in [1.54, 1.807) is 0 Å². The molecule has 0 bridgehead atoms. The standard InChI is InChI=1S/C63H45NO/c1-63(2)58-40-50(46-26-24-44(25-27-46)42-14-5-3-6-15-42)32-35-54(58)55-36-34-52(41-59(55)63)64(60-22-11-9-20-53(60)47-30-28-45(29-31-47)43-16-7-4-8-17-43)51-19-13-18-48(38-51)49-33-37-62-57(39-49)56-21-10-12-23-61(56)65-62/h3-41H,1-2H3. The Labute approximate surface area is 380 Å². The van der Waals surface area contributed by atoms with Gasteiger partial charge in [0.15, 0.2) is 0 Å². The molecule has 308 valence electrons. The van der Waals surface area contributed by atoms with Gasteiger partial charge in [-0.2, -0.15) is 0 Å². The van der Waals surface area contributed by atoms with E-state index in [9.17, 15) is 0 Å². The molecule has 0 unspecified atom stereocenters. The molecule has 1 aliphatic rings. The van der Waals surface area contributed by atoms with E-state index in [0.717, 1.165) is 61.3 Å². The Morgan fingerprint density at radius 2 is 0.785 bits per heavy atom. The predicted molar refractivity (Wildman–Crippen MR) is 273 cm³/mol. The molecule has 0 radical (unpaired) electrons. The van der Waals surface area contributed by atoms with Crippen LogP contribution in [0.4, 0.5) is 17.1 Å². The van der Waals surface area contributed by atoms with Crippen molar-refractivity contribution in [2.75, 3.05) is 4.90 Å². The third-order valence-electron chi connectivity index (χ3n) is 13.5. The molecule has 2 heteroatoms. The molecule has 0 atom stereocenters. The Morgan fingerprint density at radius 1 is 0.308 bits per heavy atom. The molecule has 0 aliphatic heterocycles. The van der Waals surface area contributed by atoms with Gasteiger partial charge in [0.25, 0.3) is 0 Å². The van der Waals surface area contributed by atoms with Crippen LogP contribution < -0.4 is 4.90 Å². The van der Waals surface area contributed by atoms with Crippen LogP contribution in [0.2, 0.25) is 0 Å². The number of para-hydroxylation sites is 2. The first-order chi connectivity index (χ1) is 32.0. The van der Waals surface area contributed by atoms with Gasteiger partial charge in [-0.3, -0.25) is 0 Å². The zero-order valence-corrected chi connectivity index (χ0v) is 36.4. The first kappa shape index (κ1) is 38.5. The van der Waals surface area contributed by atoms with Gasteiger partial charge in [-0.25, -0.2) is 0 Å². The van der Waals surface area contributed by atoms with Crippen LogP contribution in [-0.4, -0.2) is 0 Å². The lowest BCUT2D eigenvalue weighted by molar-refractivity contribution is 0.660. The van der Waals surface area contributed by atoms with Crippen molar-refractivity contribution in [3.63, 3.8) is 0 Å². The molecule has 1 aromatic heterocycles. The second-order valence-corrected chi connectivity index (χ2v) is 17.7. The minimum Gasteiger partial charge on any atom is -0.456 e. The van der Waals surface area contributed by atoms with Crippen molar-refractivity contribution >= 4 is 39.0 Å². The van der Waals surface area contributed by atoms with Crippen molar-refractivity contribution in [3.8, 4) is 66.8 Å². The Bertz CT molecular complexity index is 3540. The first-order valence-corrected chi connectivity index (χ1v) is 22.5. The highest BCUT2D eigenvalue weighted by molar-refractivity contribution is 6.06. The lowest BCUT2D eigenvalue weighted by Crippen LogP contribution is -2.17. The maximum atomic E-state index is 6.23. The van der Waals surface area contributed by atoms with Crippen molar-refractivity contribution in [3.05, 3.63) is 248 Å². The van der Waals surface area contributed by atoms with Crippen LogP contribution in [0.3, 0.4) is 0 Å². The highest BCUT2D eigenvalue weighted by Gasteiger charge is 2.36. The number of rotatable bonds is 8. The molecule has 1 heterocycles. The first-order valence-electron chi connectivity index (χ1n) is 22.5. The Hall–Kier alpha value is -8.20. The molecule has 10 aromatic carbocycles.